The van der Waals surface area contributed by atoms with Crippen molar-refractivity contribution < 1.29 is 0 Å². The van der Waals surface area contributed by atoms with Crippen molar-refractivity contribution in [3.63, 3.8) is 0 Å². The van der Waals surface area contributed by atoms with E-state index in [0.717, 1.165) is 41.9 Å². The molecule has 0 aromatic carbocycles. The highest BCUT2D eigenvalue weighted by Gasteiger charge is 2.11. The largest absolute Gasteiger partial charge is 0.329 e. The Morgan fingerprint density at radius 1 is 1.40 bits per heavy atom. The molecule has 0 saturated heterocycles. The molecule has 2 aromatic rings. The Balaban J connectivity index is 2.06. The second-order valence-electron chi connectivity index (χ2n) is 5.21. The first kappa shape index (κ1) is 15.2. The lowest BCUT2D eigenvalue weighted by Crippen LogP contribution is -2.24. The second-order valence-corrected chi connectivity index (χ2v) is 5.60. The van der Waals surface area contributed by atoms with Crippen molar-refractivity contribution >= 4 is 23.3 Å². The molecule has 1 atom stereocenters. The van der Waals surface area contributed by atoms with E-state index in [1.807, 2.05) is 18.5 Å². The normalized spacial score (nSPS) is 13.2. The third-order valence-corrected chi connectivity index (χ3v) is 4.25. The fourth-order valence-electron chi connectivity index (χ4n) is 2.70. The molecule has 2 rings (SSSR count). The molecule has 110 valence electrons. The Kier molecular flexibility index (Phi) is 5.31. The van der Waals surface area contributed by atoms with Gasteiger partial charge in [-0.25, -0.2) is 0 Å². The van der Waals surface area contributed by atoms with Gasteiger partial charge in [-0.3, -0.25) is 4.98 Å². The highest BCUT2D eigenvalue weighted by molar-refractivity contribution is 7.71. The topological polar surface area (TPSA) is 36.9 Å². The summed E-state index contributed by atoms with van der Waals surface area (Å²) < 4.78 is 3.01. The lowest BCUT2D eigenvalue weighted by molar-refractivity contribution is 0.288. The number of nitrogens with one attached hydrogen (secondary N) is 1. The van der Waals surface area contributed by atoms with Crippen molar-refractivity contribution in [2.24, 2.45) is 0 Å². The predicted molar refractivity (Wildman–Crippen MR) is 86.7 cm³/mol. The molecule has 0 spiro atoms. The van der Waals surface area contributed by atoms with Crippen LogP contribution in [0, 0.1) is 4.77 Å². The Labute approximate surface area is 125 Å². The van der Waals surface area contributed by atoms with E-state index in [1.165, 1.54) is 6.42 Å². The van der Waals surface area contributed by atoms with E-state index in [4.69, 9.17) is 12.2 Å². The van der Waals surface area contributed by atoms with E-state index in [0.29, 0.717) is 6.04 Å². The smallest absolute Gasteiger partial charge is 0.178 e. The quantitative estimate of drug-likeness (QED) is 0.789. The van der Waals surface area contributed by atoms with Crippen LogP contribution in [0.5, 0.6) is 0 Å². The number of aromatic nitrogens is 3. The van der Waals surface area contributed by atoms with Gasteiger partial charge >= 0.3 is 0 Å². The maximum atomic E-state index is 5.45. The third kappa shape index (κ3) is 3.27. The summed E-state index contributed by atoms with van der Waals surface area (Å²) in [6.07, 6.45) is 6.00. The summed E-state index contributed by atoms with van der Waals surface area (Å²) in [6.45, 7) is 10.1. The molecule has 4 nitrogen and oxygen atoms in total. The van der Waals surface area contributed by atoms with Crippen molar-refractivity contribution in [3.8, 4) is 0 Å². The summed E-state index contributed by atoms with van der Waals surface area (Å²) >= 11 is 5.45. The monoisotopic (exact) mass is 292 g/mol. The van der Waals surface area contributed by atoms with E-state index < -0.39 is 0 Å². The highest BCUT2D eigenvalue weighted by Crippen LogP contribution is 2.21. The Morgan fingerprint density at radius 2 is 2.15 bits per heavy atom. The van der Waals surface area contributed by atoms with Crippen LogP contribution < -0.4 is 0 Å². The Morgan fingerprint density at radius 3 is 2.85 bits per heavy atom. The van der Waals surface area contributed by atoms with Crippen LogP contribution in [-0.2, 0) is 0 Å². The van der Waals surface area contributed by atoms with Crippen LogP contribution in [-0.4, -0.2) is 39.1 Å². The molecule has 5 heteroatoms. The van der Waals surface area contributed by atoms with Crippen molar-refractivity contribution in [1.29, 1.82) is 0 Å². The average Bonchev–Trinajstić information content (AvgIpc) is 2.79. The zero-order valence-corrected chi connectivity index (χ0v) is 13.4. The Bertz CT molecular complexity index is 597. The number of H-pyrrole nitrogens is 1. The summed E-state index contributed by atoms with van der Waals surface area (Å²) in [5, 5.41) is 0. The molecule has 0 saturated carbocycles. The number of fused-ring (bicyclic) bond motifs is 1. The van der Waals surface area contributed by atoms with Gasteiger partial charge in [0.25, 0.3) is 0 Å². The number of hydrogen-bond acceptors (Lipinski definition) is 3. The highest BCUT2D eigenvalue weighted by atomic mass is 32.1. The van der Waals surface area contributed by atoms with Crippen LogP contribution in [0.15, 0.2) is 18.5 Å². The van der Waals surface area contributed by atoms with Crippen LogP contribution in [0.1, 0.15) is 39.7 Å². The van der Waals surface area contributed by atoms with E-state index in [9.17, 15) is 0 Å². The summed E-state index contributed by atoms with van der Waals surface area (Å²) in [6, 6.07) is 2.44. The van der Waals surface area contributed by atoms with E-state index in [-0.39, 0.29) is 0 Å². The van der Waals surface area contributed by atoms with Gasteiger partial charge in [-0.2, -0.15) is 0 Å². The standard InChI is InChI=1S/C15H24N4S/c1-4-18(5-2)10-6-7-12(3)19-14-8-9-16-11-13(14)17-15(19)20/h8-9,11-12H,4-7,10H2,1-3H3,(H,17,20). The molecule has 0 aliphatic rings. The lowest BCUT2D eigenvalue weighted by atomic mass is 10.1. The first-order chi connectivity index (χ1) is 9.67. The molecule has 2 heterocycles. The van der Waals surface area contributed by atoms with Crippen molar-refractivity contribution in [3.05, 3.63) is 23.2 Å². The first-order valence-corrected chi connectivity index (χ1v) is 7.84. The average molecular weight is 292 g/mol. The summed E-state index contributed by atoms with van der Waals surface area (Å²) in [5.74, 6) is 0. The van der Waals surface area contributed by atoms with Gasteiger partial charge in [-0.05, 0) is 57.7 Å². The van der Waals surface area contributed by atoms with E-state index in [1.54, 1.807) is 0 Å². The molecule has 0 radical (unpaired) electrons. The van der Waals surface area contributed by atoms with Crippen LogP contribution in [0.4, 0.5) is 0 Å². The fraction of sp³-hybridized carbons (Fsp3) is 0.600. The van der Waals surface area contributed by atoms with Gasteiger partial charge in [-0.15, -0.1) is 0 Å². The molecule has 0 bridgehead atoms. The van der Waals surface area contributed by atoms with Gasteiger partial charge in [0.1, 0.15) is 0 Å². The molecule has 2 aromatic heterocycles. The molecule has 1 N–H and O–H groups in total. The van der Waals surface area contributed by atoms with Crippen molar-refractivity contribution in [1.82, 2.24) is 19.4 Å². The Hall–Kier alpha value is -1.20. The number of imidazole rings is 1. The van der Waals surface area contributed by atoms with Gasteiger partial charge in [0.15, 0.2) is 4.77 Å². The minimum Gasteiger partial charge on any atom is -0.329 e. The SMILES string of the molecule is CCN(CC)CCCC(C)n1c(=S)[nH]c2cnccc21. The number of hydrogen-bond donors (Lipinski definition) is 1. The van der Waals surface area contributed by atoms with Crippen LogP contribution in [0.25, 0.3) is 11.0 Å². The number of aromatic amines is 1. The number of pyridine rings is 1. The molecule has 0 amide bonds. The molecular weight excluding hydrogens is 268 g/mol. The van der Waals surface area contributed by atoms with E-state index in [2.05, 4.69) is 40.2 Å². The molecule has 0 aliphatic carbocycles. The molecule has 20 heavy (non-hydrogen) atoms. The van der Waals surface area contributed by atoms with Crippen LogP contribution >= 0.6 is 12.2 Å². The third-order valence-electron chi connectivity index (χ3n) is 3.95. The van der Waals surface area contributed by atoms with Gasteiger partial charge in [0, 0.05) is 12.2 Å². The van der Waals surface area contributed by atoms with Gasteiger partial charge in [0.05, 0.1) is 17.2 Å². The minimum atomic E-state index is 0.411. The minimum absolute atomic E-state index is 0.411. The zero-order valence-electron chi connectivity index (χ0n) is 12.6. The lowest BCUT2D eigenvalue weighted by Gasteiger charge is -2.20. The van der Waals surface area contributed by atoms with E-state index >= 15 is 0 Å². The molecule has 1 unspecified atom stereocenters. The van der Waals surface area contributed by atoms with Gasteiger partial charge in [-0.1, -0.05) is 13.8 Å². The molecule has 0 fully saturated rings. The van der Waals surface area contributed by atoms with Crippen LogP contribution in [0.2, 0.25) is 0 Å². The van der Waals surface area contributed by atoms with Crippen molar-refractivity contribution in [2.45, 2.75) is 39.7 Å². The first-order valence-electron chi connectivity index (χ1n) is 7.44. The fourth-order valence-corrected chi connectivity index (χ4v) is 3.08. The second kappa shape index (κ2) is 6.99. The summed E-state index contributed by atoms with van der Waals surface area (Å²) in [5.41, 5.74) is 2.17. The maximum absolute atomic E-state index is 5.45. The maximum Gasteiger partial charge on any atom is 0.178 e. The van der Waals surface area contributed by atoms with Gasteiger partial charge in [0.2, 0.25) is 0 Å². The van der Waals surface area contributed by atoms with Gasteiger partial charge < -0.3 is 14.5 Å². The number of rotatable bonds is 7. The summed E-state index contributed by atoms with van der Waals surface area (Å²) in [4.78, 5) is 9.83. The zero-order chi connectivity index (χ0) is 14.5. The van der Waals surface area contributed by atoms with Crippen molar-refractivity contribution in [2.75, 3.05) is 19.6 Å². The van der Waals surface area contributed by atoms with Crippen LogP contribution in [0.3, 0.4) is 0 Å². The molecule has 0 aliphatic heterocycles. The predicted octanol–water partition coefficient (Wildman–Crippen LogP) is 3.78. The summed E-state index contributed by atoms with van der Waals surface area (Å²) in [7, 11) is 0. The number of nitrogens with zero attached hydrogens (tertiary/aromatic N) is 3. The molecular formula is C15H24N4S.